The Labute approximate surface area is 120 Å². The molecule has 1 aliphatic rings. The van der Waals surface area contributed by atoms with E-state index in [4.69, 9.17) is 0 Å². The van der Waals surface area contributed by atoms with E-state index in [1.54, 1.807) is 44.4 Å². The molecular formula is C14H20N2O3S. The van der Waals surface area contributed by atoms with Crippen molar-refractivity contribution in [3.63, 3.8) is 0 Å². The SMILES string of the molecule is CN(C)C(=O)[C@@H]1CCCN(S(=O)(=O)c2ccccc2)C1. The number of hydrogen-bond donors (Lipinski definition) is 0. The van der Waals surface area contributed by atoms with Gasteiger partial charge < -0.3 is 4.90 Å². The molecule has 1 aromatic rings. The van der Waals surface area contributed by atoms with E-state index in [0.29, 0.717) is 6.54 Å². The average molecular weight is 296 g/mol. The molecule has 1 saturated heterocycles. The molecule has 1 aromatic carbocycles. The zero-order valence-electron chi connectivity index (χ0n) is 11.8. The summed E-state index contributed by atoms with van der Waals surface area (Å²) in [4.78, 5) is 13.8. The summed E-state index contributed by atoms with van der Waals surface area (Å²) >= 11 is 0. The number of carbonyl (C=O) groups is 1. The van der Waals surface area contributed by atoms with Gasteiger partial charge in [-0.1, -0.05) is 18.2 Å². The Hall–Kier alpha value is -1.40. The Morgan fingerprint density at radius 1 is 1.25 bits per heavy atom. The van der Waals surface area contributed by atoms with Crippen LogP contribution in [0.25, 0.3) is 0 Å². The zero-order valence-corrected chi connectivity index (χ0v) is 12.6. The molecule has 1 heterocycles. The number of sulfonamides is 1. The molecule has 1 aliphatic heterocycles. The van der Waals surface area contributed by atoms with Crippen molar-refractivity contribution in [3.05, 3.63) is 30.3 Å². The van der Waals surface area contributed by atoms with E-state index in [9.17, 15) is 13.2 Å². The second-order valence-electron chi connectivity index (χ2n) is 5.25. The lowest BCUT2D eigenvalue weighted by atomic mass is 9.98. The minimum atomic E-state index is -3.49. The van der Waals surface area contributed by atoms with Crippen LogP contribution in [-0.2, 0) is 14.8 Å². The minimum Gasteiger partial charge on any atom is -0.349 e. The van der Waals surface area contributed by atoms with Gasteiger partial charge in [0.25, 0.3) is 0 Å². The summed E-state index contributed by atoms with van der Waals surface area (Å²) in [6, 6.07) is 8.38. The average Bonchev–Trinajstić information content (AvgIpc) is 2.47. The van der Waals surface area contributed by atoms with Gasteiger partial charge in [-0.3, -0.25) is 4.79 Å². The van der Waals surface area contributed by atoms with E-state index in [1.807, 2.05) is 0 Å². The number of amides is 1. The van der Waals surface area contributed by atoms with Crippen molar-refractivity contribution < 1.29 is 13.2 Å². The van der Waals surface area contributed by atoms with E-state index in [0.717, 1.165) is 12.8 Å². The highest BCUT2D eigenvalue weighted by Gasteiger charge is 2.33. The standard InChI is InChI=1S/C14H20N2O3S/c1-15(2)14(17)12-7-6-10-16(11-12)20(18,19)13-8-4-3-5-9-13/h3-5,8-9,12H,6-7,10-11H2,1-2H3/t12-/m1/s1. The Kier molecular flexibility index (Phi) is 4.45. The molecule has 6 heteroatoms. The first-order valence-electron chi connectivity index (χ1n) is 6.69. The Balaban J connectivity index is 2.19. The van der Waals surface area contributed by atoms with Crippen LogP contribution in [0.4, 0.5) is 0 Å². The van der Waals surface area contributed by atoms with Crippen molar-refractivity contribution in [2.24, 2.45) is 5.92 Å². The predicted octanol–water partition coefficient (Wildman–Crippen LogP) is 1.18. The van der Waals surface area contributed by atoms with Crippen LogP contribution in [0, 0.1) is 5.92 Å². The number of hydrogen-bond acceptors (Lipinski definition) is 3. The van der Waals surface area contributed by atoms with Crippen LogP contribution in [0.2, 0.25) is 0 Å². The summed E-state index contributed by atoms with van der Waals surface area (Å²) in [7, 11) is -0.0889. The minimum absolute atomic E-state index is 0.00189. The molecule has 1 atom stereocenters. The third kappa shape index (κ3) is 3.02. The van der Waals surface area contributed by atoms with E-state index in [1.165, 1.54) is 9.21 Å². The molecule has 0 aliphatic carbocycles. The molecule has 5 nitrogen and oxygen atoms in total. The summed E-state index contributed by atoms with van der Waals surface area (Å²) in [6.45, 7) is 0.753. The van der Waals surface area contributed by atoms with Crippen molar-refractivity contribution in [1.82, 2.24) is 9.21 Å². The zero-order chi connectivity index (χ0) is 14.8. The fourth-order valence-electron chi connectivity index (χ4n) is 2.47. The fraction of sp³-hybridized carbons (Fsp3) is 0.500. The van der Waals surface area contributed by atoms with Crippen LogP contribution >= 0.6 is 0 Å². The van der Waals surface area contributed by atoms with Crippen LogP contribution in [-0.4, -0.2) is 50.7 Å². The summed E-state index contributed by atoms with van der Waals surface area (Å²) < 4.78 is 26.5. The monoisotopic (exact) mass is 296 g/mol. The van der Waals surface area contributed by atoms with Gasteiger partial charge >= 0.3 is 0 Å². The molecule has 0 saturated carbocycles. The third-order valence-corrected chi connectivity index (χ3v) is 5.43. The first kappa shape index (κ1) is 15.0. The highest BCUT2D eigenvalue weighted by Crippen LogP contribution is 2.24. The van der Waals surface area contributed by atoms with E-state index in [-0.39, 0.29) is 23.3 Å². The number of benzene rings is 1. The first-order chi connectivity index (χ1) is 9.43. The molecule has 0 spiro atoms. The molecule has 0 aromatic heterocycles. The smallest absolute Gasteiger partial charge is 0.243 e. The fourth-order valence-corrected chi connectivity index (χ4v) is 4.01. The number of nitrogens with zero attached hydrogens (tertiary/aromatic N) is 2. The summed E-state index contributed by atoms with van der Waals surface area (Å²) in [5, 5.41) is 0. The Morgan fingerprint density at radius 2 is 1.90 bits per heavy atom. The highest BCUT2D eigenvalue weighted by atomic mass is 32.2. The second kappa shape index (κ2) is 5.93. The predicted molar refractivity (Wildman–Crippen MR) is 76.6 cm³/mol. The van der Waals surface area contributed by atoms with Crippen LogP contribution < -0.4 is 0 Å². The van der Waals surface area contributed by atoms with E-state index >= 15 is 0 Å². The van der Waals surface area contributed by atoms with Crippen LogP contribution in [0.1, 0.15) is 12.8 Å². The van der Waals surface area contributed by atoms with Gasteiger partial charge in [-0.2, -0.15) is 4.31 Å². The lowest BCUT2D eigenvalue weighted by Crippen LogP contribution is -2.45. The van der Waals surface area contributed by atoms with Crippen molar-refractivity contribution in [3.8, 4) is 0 Å². The molecule has 0 unspecified atom stereocenters. The summed E-state index contributed by atoms with van der Waals surface area (Å²) in [5.41, 5.74) is 0. The lowest BCUT2D eigenvalue weighted by molar-refractivity contribution is -0.134. The molecule has 2 rings (SSSR count). The van der Waals surface area contributed by atoms with Gasteiger partial charge in [0.15, 0.2) is 0 Å². The highest BCUT2D eigenvalue weighted by molar-refractivity contribution is 7.89. The summed E-state index contributed by atoms with van der Waals surface area (Å²) in [6.07, 6.45) is 1.47. The Morgan fingerprint density at radius 3 is 2.50 bits per heavy atom. The topological polar surface area (TPSA) is 57.7 Å². The van der Waals surface area contributed by atoms with Gasteiger partial charge in [0.2, 0.25) is 15.9 Å². The third-order valence-electron chi connectivity index (χ3n) is 3.56. The van der Waals surface area contributed by atoms with Crippen molar-refractivity contribution in [2.45, 2.75) is 17.7 Å². The number of carbonyl (C=O) groups excluding carboxylic acids is 1. The normalized spacial score (nSPS) is 20.6. The van der Waals surface area contributed by atoms with Gasteiger partial charge in [0, 0.05) is 27.2 Å². The van der Waals surface area contributed by atoms with Gasteiger partial charge in [-0.15, -0.1) is 0 Å². The molecule has 20 heavy (non-hydrogen) atoms. The van der Waals surface area contributed by atoms with Crippen LogP contribution in [0.15, 0.2) is 35.2 Å². The molecule has 0 N–H and O–H groups in total. The van der Waals surface area contributed by atoms with Crippen LogP contribution in [0.5, 0.6) is 0 Å². The van der Waals surface area contributed by atoms with E-state index in [2.05, 4.69) is 0 Å². The number of piperidine rings is 1. The van der Waals surface area contributed by atoms with Crippen molar-refractivity contribution in [1.29, 1.82) is 0 Å². The number of rotatable bonds is 3. The van der Waals surface area contributed by atoms with Gasteiger partial charge in [-0.25, -0.2) is 8.42 Å². The maximum Gasteiger partial charge on any atom is 0.243 e. The quantitative estimate of drug-likeness (QED) is 0.841. The van der Waals surface area contributed by atoms with Crippen molar-refractivity contribution in [2.75, 3.05) is 27.2 Å². The molecule has 0 radical (unpaired) electrons. The van der Waals surface area contributed by atoms with Gasteiger partial charge in [0.05, 0.1) is 10.8 Å². The van der Waals surface area contributed by atoms with E-state index < -0.39 is 10.0 Å². The summed E-state index contributed by atoms with van der Waals surface area (Å²) in [5.74, 6) is -0.241. The molecule has 0 bridgehead atoms. The maximum atomic E-state index is 12.5. The van der Waals surface area contributed by atoms with Crippen LogP contribution in [0.3, 0.4) is 0 Å². The van der Waals surface area contributed by atoms with Gasteiger partial charge in [-0.05, 0) is 25.0 Å². The second-order valence-corrected chi connectivity index (χ2v) is 7.19. The van der Waals surface area contributed by atoms with Gasteiger partial charge in [0.1, 0.15) is 0 Å². The first-order valence-corrected chi connectivity index (χ1v) is 8.13. The maximum absolute atomic E-state index is 12.5. The largest absolute Gasteiger partial charge is 0.349 e. The van der Waals surface area contributed by atoms with Crippen molar-refractivity contribution >= 4 is 15.9 Å². The molecule has 110 valence electrons. The molecular weight excluding hydrogens is 276 g/mol. The lowest BCUT2D eigenvalue weighted by Gasteiger charge is -2.32. The molecule has 1 amide bonds. The molecule has 1 fully saturated rings. The Bertz CT molecular complexity index is 569.